The summed E-state index contributed by atoms with van der Waals surface area (Å²) in [6.07, 6.45) is 1.57. The van der Waals surface area contributed by atoms with Crippen molar-refractivity contribution in [2.75, 3.05) is 41.7 Å². The number of aryl methyl sites for hydroxylation is 1. The van der Waals surface area contributed by atoms with E-state index in [9.17, 15) is 9.59 Å². The Hall–Kier alpha value is -3.58. The summed E-state index contributed by atoms with van der Waals surface area (Å²) in [7, 11) is 0. The molecule has 1 aromatic heterocycles. The van der Waals surface area contributed by atoms with Gasteiger partial charge in [-0.2, -0.15) is 0 Å². The third-order valence-corrected chi connectivity index (χ3v) is 6.03. The predicted molar refractivity (Wildman–Crippen MR) is 133 cm³/mol. The Morgan fingerprint density at radius 2 is 1.73 bits per heavy atom. The first-order valence-electron chi connectivity index (χ1n) is 10.8. The molecule has 0 radical (unpaired) electrons. The van der Waals surface area contributed by atoms with Crippen molar-refractivity contribution in [3.05, 3.63) is 76.9 Å². The van der Waals surface area contributed by atoms with Crippen LogP contribution in [-0.2, 0) is 4.79 Å². The average molecular weight is 464 g/mol. The Morgan fingerprint density at radius 3 is 2.39 bits per heavy atom. The van der Waals surface area contributed by atoms with Gasteiger partial charge < -0.3 is 20.4 Å². The largest absolute Gasteiger partial charge is 0.354 e. The Morgan fingerprint density at radius 1 is 0.970 bits per heavy atom. The van der Waals surface area contributed by atoms with Crippen molar-refractivity contribution in [2.24, 2.45) is 0 Å². The molecule has 2 amide bonds. The molecule has 8 heteroatoms. The maximum Gasteiger partial charge on any atom is 0.257 e. The lowest BCUT2D eigenvalue weighted by Crippen LogP contribution is -2.48. The molecule has 0 bridgehead atoms. The number of benzene rings is 2. The predicted octanol–water partition coefficient (Wildman–Crippen LogP) is 4.71. The molecule has 2 aromatic carbocycles. The van der Waals surface area contributed by atoms with Crippen molar-refractivity contribution in [3.63, 3.8) is 0 Å². The number of carbonyl (C=O) groups excluding carboxylic acids is 2. The van der Waals surface area contributed by atoms with Gasteiger partial charge in [0.2, 0.25) is 5.91 Å². The number of rotatable bonds is 5. The van der Waals surface area contributed by atoms with Gasteiger partial charge in [-0.25, -0.2) is 4.98 Å². The van der Waals surface area contributed by atoms with Gasteiger partial charge in [0, 0.05) is 50.7 Å². The number of aromatic nitrogens is 1. The van der Waals surface area contributed by atoms with Crippen LogP contribution in [0, 0.1) is 6.92 Å². The van der Waals surface area contributed by atoms with Crippen molar-refractivity contribution < 1.29 is 9.59 Å². The molecule has 0 atom stereocenters. The first-order valence-corrected chi connectivity index (χ1v) is 11.2. The van der Waals surface area contributed by atoms with Crippen molar-refractivity contribution in [2.45, 2.75) is 13.8 Å². The molecule has 4 rings (SSSR count). The summed E-state index contributed by atoms with van der Waals surface area (Å²) < 4.78 is 0. The number of halogens is 1. The van der Waals surface area contributed by atoms with Crippen LogP contribution in [-0.4, -0.2) is 47.9 Å². The number of hydrogen-bond acceptors (Lipinski definition) is 5. The normalized spacial score (nSPS) is 13.5. The molecule has 1 aliphatic rings. The quantitative estimate of drug-likeness (QED) is 0.573. The third kappa shape index (κ3) is 5.43. The minimum atomic E-state index is -0.250. The topological polar surface area (TPSA) is 77.6 Å². The Labute approximate surface area is 198 Å². The zero-order valence-corrected chi connectivity index (χ0v) is 19.4. The molecule has 1 aliphatic heterocycles. The summed E-state index contributed by atoms with van der Waals surface area (Å²) in [6.45, 7) is 6.40. The fourth-order valence-electron chi connectivity index (χ4n) is 3.72. The first kappa shape index (κ1) is 22.6. The van der Waals surface area contributed by atoms with Gasteiger partial charge in [0.1, 0.15) is 5.82 Å². The fraction of sp³-hybridized carbons (Fsp3) is 0.240. The van der Waals surface area contributed by atoms with Crippen LogP contribution in [0.5, 0.6) is 0 Å². The van der Waals surface area contributed by atoms with Crippen molar-refractivity contribution >= 4 is 46.3 Å². The molecule has 2 N–H and O–H groups in total. The highest BCUT2D eigenvalue weighted by Gasteiger charge is 2.20. The van der Waals surface area contributed by atoms with Crippen LogP contribution in [0.2, 0.25) is 5.02 Å². The number of anilines is 4. The SMILES string of the molecule is CC(=O)N1CCN(c2ccc(C(=O)Nc3ccc(Cl)c(Nc4ccccc4C)c3)cn2)CC1. The van der Waals surface area contributed by atoms with Crippen LogP contribution in [0.15, 0.2) is 60.8 Å². The summed E-state index contributed by atoms with van der Waals surface area (Å²) >= 11 is 6.36. The number of hydrogen-bond donors (Lipinski definition) is 2. The van der Waals surface area contributed by atoms with E-state index in [1.807, 2.05) is 48.2 Å². The van der Waals surface area contributed by atoms with E-state index in [0.29, 0.717) is 35.1 Å². The monoisotopic (exact) mass is 463 g/mol. The van der Waals surface area contributed by atoms with Crippen LogP contribution >= 0.6 is 11.6 Å². The number of pyridine rings is 1. The molecule has 7 nitrogen and oxygen atoms in total. The van der Waals surface area contributed by atoms with Gasteiger partial charge in [0.05, 0.1) is 16.3 Å². The zero-order chi connectivity index (χ0) is 23.4. The standard InChI is InChI=1S/C25H26ClN5O2/c1-17-5-3-4-6-22(17)29-23-15-20(8-9-21(23)26)28-25(33)19-7-10-24(27-16-19)31-13-11-30(12-14-31)18(2)32/h3-10,15-16,29H,11-14H2,1-2H3,(H,28,33). The second-order valence-corrected chi connectivity index (χ2v) is 8.39. The number of piperazine rings is 1. The summed E-state index contributed by atoms with van der Waals surface area (Å²) in [4.78, 5) is 32.7. The Balaban J connectivity index is 1.41. The molecule has 0 aliphatic carbocycles. The fourth-order valence-corrected chi connectivity index (χ4v) is 3.88. The van der Waals surface area contributed by atoms with E-state index in [1.54, 1.807) is 31.3 Å². The van der Waals surface area contributed by atoms with Gasteiger partial charge in [-0.05, 0) is 48.9 Å². The summed E-state index contributed by atoms with van der Waals surface area (Å²) in [5.74, 6) is 0.639. The van der Waals surface area contributed by atoms with E-state index in [2.05, 4.69) is 20.5 Å². The summed E-state index contributed by atoms with van der Waals surface area (Å²) in [5.41, 5.74) is 3.85. The summed E-state index contributed by atoms with van der Waals surface area (Å²) in [5, 5.41) is 6.79. The highest BCUT2D eigenvalue weighted by Crippen LogP contribution is 2.30. The van der Waals surface area contributed by atoms with Gasteiger partial charge >= 0.3 is 0 Å². The second kappa shape index (κ2) is 9.92. The van der Waals surface area contributed by atoms with E-state index < -0.39 is 0 Å². The molecule has 0 spiro atoms. The molecular formula is C25H26ClN5O2. The van der Waals surface area contributed by atoms with Crippen molar-refractivity contribution in [3.8, 4) is 0 Å². The average Bonchev–Trinajstić information content (AvgIpc) is 2.83. The number of carbonyl (C=O) groups is 2. The van der Waals surface area contributed by atoms with Crippen molar-refractivity contribution in [1.82, 2.24) is 9.88 Å². The number of para-hydroxylation sites is 1. The van der Waals surface area contributed by atoms with Crippen LogP contribution in [0.3, 0.4) is 0 Å². The smallest absolute Gasteiger partial charge is 0.257 e. The summed E-state index contributed by atoms with van der Waals surface area (Å²) in [6, 6.07) is 16.8. The van der Waals surface area contributed by atoms with E-state index in [1.165, 1.54) is 0 Å². The maximum atomic E-state index is 12.8. The lowest BCUT2D eigenvalue weighted by molar-refractivity contribution is -0.129. The Kier molecular flexibility index (Phi) is 6.79. The molecule has 170 valence electrons. The van der Waals surface area contributed by atoms with Crippen LogP contribution < -0.4 is 15.5 Å². The first-order chi connectivity index (χ1) is 15.9. The van der Waals surface area contributed by atoms with E-state index in [0.717, 1.165) is 30.2 Å². The molecule has 3 aromatic rings. The van der Waals surface area contributed by atoms with E-state index in [-0.39, 0.29) is 11.8 Å². The lowest BCUT2D eigenvalue weighted by Gasteiger charge is -2.34. The van der Waals surface area contributed by atoms with Crippen molar-refractivity contribution in [1.29, 1.82) is 0 Å². The molecular weight excluding hydrogens is 438 g/mol. The third-order valence-electron chi connectivity index (χ3n) is 5.70. The van der Waals surface area contributed by atoms with Gasteiger partial charge in [0.25, 0.3) is 5.91 Å². The highest BCUT2D eigenvalue weighted by molar-refractivity contribution is 6.33. The van der Waals surface area contributed by atoms with Crippen LogP contribution in [0.1, 0.15) is 22.8 Å². The lowest BCUT2D eigenvalue weighted by atomic mass is 10.2. The molecule has 1 saturated heterocycles. The Bertz CT molecular complexity index is 1160. The molecule has 0 unspecified atom stereocenters. The van der Waals surface area contributed by atoms with E-state index >= 15 is 0 Å². The minimum absolute atomic E-state index is 0.0917. The minimum Gasteiger partial charge on any atom is -0.354 e. The molecule has 2 heterocycles. The van der Waals surface area contributed by atoms with Crippen LogP contribution in [0.25, 0.3) is 0 Å². The van der Waals surface area contributed by atoms with Gasteiger partial charge in [0.15, 0.2) is 0 Å². The van der Waals surface area contributed by atoms with Gasteiger partial charge in [-0.3, -0.25) is 9.59 Å². The molecule has 1 fully saturated rings. The van der Waals surface area contributed by atoms with Gasteiger partial charge in [-0.1, -0.05) is 29.8 Å². The second-order valence-electron chi connectivity index (χ2n) is 7.99. The molecule has 0 saturated carbocycles. The number of amides is 2. The number of nitrogens with zero attached hydrogens (tertiary/aromatic N) is 3. The van der Waals surface area contributed by atoms with E-state index in [4.69, 9.17) is 11.6 Å². The maximum absolute atomic E-state index is 12.8. The number of nitrogens with one attached hydrogen (secondary N) is 2. The zero-order valence-electron chi connectivity index (χ0n) is 18.6. The highest BCUT2D eigenvalue weighted by atomic mass is 35.5. The van der Waals surface area contributed by atoms with Gasteiger partial charge in [-0.15, -0.1) is 0 Å². The molecule has 33 heavy (non-hydrogen) atoms. The van der Waals surface area contributed by atoms with Crippen LogP contribution in [0.4, 0.5) is 22.9 Å².